The lowest BCUT2D eigenvalue weighted by molar-refractivity contribution is -0.133. The van der Waals surface area contributed by atoms with Crippen LogP contribution in [0.2, 0.25) is 0 Å². The summed E-state index contributed by atoms with van der Waals surface area (Å²) in [6.45, 7) is 7.13. The molecule has 0 aromatic heterocycles. The van der Waals surface area contributed by atoms with Crippen LogP contribution in [-0.4, -0.2) is 12.6 Å². The highest BCUT2D eigenvalue weighted by Gasteiger charge is 2.03. The van der Waals surface area contributed by atoms with Gasteiger partial charge in [-0.05, 0) is 25.7 Å². The fourth-order valence-corrected chi connectivity index (χ4v) is 2.43. The molecule has 0 aliphatic heterocycles. The summed E-state index contributed by atoms with van der Waals surface area (Å²) in [5.74, 6) is 0.950. The van der Waals surface area contributed by atoms with Gasteiger partial charge in [0.2, 0.25) is 0 Å². The van der Waals surface area contributed by atoms with Crippen LogP contribution in [0.15, 0.2) is 0 Å². The summed E-state index contributed by atoms with van der Waals surface area (Å²) in [6.07, 6.45) is 13.1. The van der Waals surface area contributed by atoms with Crippen molar-refractivity contribution in [2.24, 2.45) is 5.92 Å². The second-order valence-electron chi connectivity index (χ2n) is 5.42. The Kier molecular flexibility index (Phi) is 12.5. The van der Waals surface area contributed by atoms with Crippen molar-refractivity contribution in [1.29, 1.82) is 0 Å². The maximum absolute atomic E-state index is 10.1. The van der Waals surface area contributed by atoms with Gasteiger partial charge in [0.15, 0.2) is 0 Å². The van der Waals surface area contributed by atoms with Gasteiger partial charge in [0.25, 0.3) is 6.47 Å². The molecule has 108 valence electrons. The second-order valence-corrected chi connectivity index (χ2v) is 5.42. The SMILES string of the molecule is CCC(CC)CCCCCCCCC(C)OC=O. The number of rotatable bonds is 13. The Morgan fingerprint density at radius 3 is 1.89 bits per heavy atom. The van der Waals surface area contributed by atoms with Crippen molar-refractivity contribution in [3.63, 3.8) is 0 Å². The van der Waals surface area contributed by atoms with Gasteiger partial charge >= 0.3 is 0 Å². The maximum Gasteiger partial charge on any atom is 0.293 e. The van der Waals surface area contributed by atoms with E-state index >= 15 is 0 Å². The van der Waals surface area contributed by atoms with Gasteiger partial charge in [0.05, 0.1) is 6.10 Å². The molecule has 0 saturated heterocycles. The Morgan fingerprint density at radius 2 is 1.39 bits per heavy atom. The Labute approximate surface area is 113 Å². The molecule has 1 atom stereocenters. The Bertz CT molecular complexity index is 176. The predicted octanol–water partition coefficient (Wildman–Crippen LogP) is 5.10. The van der Waals surface area contributed by atoms with E-state index in [2.05, 4.69) is 13.8 Å². The molecule has 0 N–H and O–H groups in total. The van der Waals surface area contributed by atoms with Crippen LogP contribution in [-0.2, 0) is 9.53 Å². The van der Waals surface area contributed by atoms with Crippen LogP contribution in [0.25, 0.3) is 0 Å². The van der Waals surface area contributed by atoms with E-state index < -0.39 is 0 Å². The monoisotopic (exact) mass is 256 g/mol. The first kappa shape index (κ1) is 17.5. The van der Waals surface area contributed by atoms with Gasteiger partial charge in [-0.25, -0.2) is 0 Å². The standard InChI is InChI=1S/C16H32O2/c1-4-16(5-2)13-11-9-7-6-8-10-12-15(3)18-14-17/h14-16H,4-13H2,1-3H3. The Balaban J connectivity index is 3.18. The zero-order valence-corrected chi connectivity index (χ0v) is 12.6. The van der Waals surface area contributed by atoms with Crippen LogP contribution in [0.1, 0.15) is 85.0 Å². The topological polar surface area (TPSA) is 26.3 Å². The van der Waals surface area contributed by atoms with Crippen LogP contribution in [0.4, 0.5) is 0 Å². The Morgan fingerprint density at radius 1 is 0.889 bits per heavy atom. The minimum atomic E-state index is 0.0948. The van der Waals surface area contributed by atoms with Crippen LogP contribution in [0, 0.1) is 5.92 Å². The molecule has 0 rings (SSSR count). The molecule has 0 amide bonds. The molecule has 0 aliphatic rings. The molecule has 0 bridgehead atoms. The molecule has 1 unspecified atom stereocenters. The molecule has 0 saturated carbocycles. The smallest absolute Gasteiger partial charge is 0.293 e. The summed E-state index contributed by atoms with van der Waals surface area (Å²) < 4.78 is 4.86. The molecule has 2 nitrogen and oxygen atoms in total. The molecule has 18 heavy (non-hydrogen) atoms. The van der Waals surface area contributed by atoms with Gasteiger partial charge < -0.3 is 4.74 Å². The average Bonchev–Trinajstić information content (AvgIpc) is 2.37. The fourth-order valence-electron chi connectivity index (χ4n) is 2.43. The van der Waals surface area contributed by atoms with E-state index in [4.69, 9.17) is 4.74 Å². The largest absolute Gasteiger partial charge is 0.465 e. The summed E-state index contributed by atoms with van der Waals surface area (Å²) in [4.78, 5) is 10.1. The van der Waals surface area contributed by atoms with E-state index in [0.717, 1.165) is 12.3 Å². The summed E-state index contributed by atoms with van der Waals surface area (Å²) in [5.41, 5.74) is 0. The number of hydrogen-bond acceptors (Lipinski definition) is 2. The third-order valence-corrected chi connectivity index (χ3v) is 3.92. The Hall–Kier alpha value is -0.530. The minimum absolute atomic E-state index is 0.0948. The van der Waals surface area contributed by atoms with E-state index in [9.17, 15) is 4.79 Å². The fraction of sp³-hybridized carbons (Fsp3) is 0.938. The highest BCUT2D eigenvalue weighted by molar-refractivity contribution is 5.37. The molecule has 0 radical (unpaired) electrons. The molecule has 0 aromatic rings. The van der Waals surface area contributed by atoms with Crippen molar-refractivity contribution in [2.75, 3.05) is 0 Å². The van der Waals surface area contributed by atoms with Gasteiger partial charge in [-0.3, -0.25) is 4.79 Å². The zero-order chi connectivity index (χ0) is 13.6. The molecule has 0 aliphatic carbocycles. The first-order chi connectivity index (χ1) is 8.74. The van der Waals surface area contributed by atoms with Crippen molar-refractivity contribution >= 4 is 6.47 Å². The normalized spacial score (nSPS) is 12.7. The second kappa shape index (κ2) is 12.9. The van der Waals surface area contributed by atoms with Gasteiger partial charge in [-0.1, -0.05) is 65.2 Å². The van der Waals surface area contributed by atoms with Gasteiger partial charge in [0.1, 0.15) is 0 Å². The van der Waals surface area contributed by atoms with E-state index in [0.29, 0.717) is 6.47 Å². The summed E-state index contributed by atoms with van der Waals surface area (Å²) >= 11 is 0. The molecule has 0 heterocycles. The van der Waals surface area contributed by atoms with Gasteiger partial charge in [-0.2, -0.15) is 0 Å². The zero-order valence-electron chi connectivity index (χ0n) is 12.6. The van der Waals surface area contributed by atoms with Crippen LogP contribution in [0.5, 0.6) is 0 Å². The number of hydrogen-bond donors (Lipinski definition) is 0. The molecular weight excluding hydrogens is 224 g/mol. The summed E-state index contributed by atoms with van der Waals surface area (Å²) in [5, 5.41) is 0. The lowest BCUT2D eigenvalue weighted by atomic mass is 9.95. The number of unbranched alkanes of at least 4 members (excludes halogenated alkanes) is 5. The quantitative estimate of drug-likeness (QED) is 0.338. The van der Waals surface area contributed by atoms with Gasteiger partial charge in [-0.15, -0.1) is 0 Å². The lowest BCUT2D eigenvalue weighted by Gasteiger charge is -2.11. The predicted molar refractivity (Wildman–Crippen MR) is 77.6 cm³/mol. The van der Waals surface area contributed by atoms with E-state index in [-0.39, 0.29) is 6.10 Å². The van der Waals surface area contributed by atoms with Crippen molar-refractivity contribution in [3.05, 3.63) is 0 Å². The van der Waals surface area contributed by atoms with Crippen molar-refractivity contribution in [2.45, 2.75) is 91.1 Å². The highest BCUT2D eigenvalue weighted by Crippen LogP contribution is 2.18. The first-order valence-electron chi connectivity index (χ1n) is 7.83. The summed E-state index contributed by atoms with van der Waals surface area (Å²) in [7, 11) is 0. The van der Waals surface area contributed by atoms with E-state index in [1.807, 2.05) is 6.92 Å². The molecule has 2 heteroatoms. The van der Waals surface area contributed by atoms with Crippen molar-refractivity contribution in [3.8, 4) is 0 Å². The number of ether oxygens (including phenoxy) is 1. The van der Waals surface area contributed by atoms with Crippen molar-refractivity contribution < 1.29 is 9.53 Å². The van der Waals surface area contributed by atoms with E-state index in [1.165, 1.54) is 57.8 Å². The van der Waals surface area contributed by atoms with Crippen molar-refractivity contribution in [1.82, 2.24) is 0 Å². The van der Waals surface area contributed by atoms with Crippen LogP contribution in [0.3, 0.4) is 0 Å². The molecule has 0 aromatic carbocycles. The van der Waals surface area contributed by atoms with Crippen LogP contribution >= 0.6 is 0 Å². The third kappa shape index (κ3) is 10.6. The highest BCUT2D eigenvalue weighted by atomic mass is 16.5. The summed E-state index contributed by atoms with van der Waals surface area (Å²) in [6, 6.07) is 0. The van der Waals surface area contributed by atoms with Crippen LogP contribution < -0.4 is 0 Å². The third-order valence-electron chi connectivity index (χ3n) is 3.92. The molecular formula is C16H32O2. The lowest BCUT2D eigenvalue weighted by Crippen LogP contribution is -2.05. The maximum atomic E-state index is 10.1. The van der Waals surface area contributed by atoms with E-state index in [1.54, 1.807) is 0 Å². The number of carbonyl (C=O) groups excluding carboxylic acids is 1. The first-order valence-corrected chi connectivity index (χ1v) is 7.83. The minimum Gasteiger partial charge on any atom is -0.465 e. The number of carbonyl (C=O) groups is 1. The average molecular weight is 256 g/mol. The van der Waals surface area contributed by atoms with Gasteiger partial charge in [0, 0.05) is 0 Å². The molecule has 0 spiro atoms. The molecule has 0 fully saturated rings.